The van der Waals surface area contributed by atoms with Crippen LogP contribution in [0.15, 0.2) is 22.8 Å². The van der Waals surface area contributed by atoms with Gasteiger partial charge in [0.25, 0.3) is 0 Å². The van der Waals surface area contributed by atoms with Crippen LogP contribution in [-0.4, -0.2) is 24.1 Å². The summed E-state index contributed by atoms with van der Waals surface area (Å²) >= 11 is 0. The molecular weight excluding hydrogens is 268 g/mol. The summed E-state index contributed by atoms with van der Waals surface area (Å²) < 4.78 is 4.95. The van der Waals surface area contributed by atoms with E-state index in [2.05, 4.69) is 0 Å². The van der Waals surface area contributed by atoms with Crippen LogP contribution in [0, 0.1) is 5.92 Å². The Morgan fingerprint density at radius 1 is 1.29 bits per heavy atom. The third-order valence-electron chi connectivity index (χ3n) is 3.78. The van der Waals surface area contributed by atoms with Gasteiger partial charge in [0.05, 0.1) is 0 Å². The molecule has 1 aliphatic rings. The molecule has 0 bridgehead atoms. The Morgan fingerprint density at radius 3 is 2.57 bits per heavy atom. The van der Waals surface area contributed by atoms with E-state index in [1.807, 2.05) is 19.9 Å². The number of ether oxygens (including phenoxy) is 1. The number of carbonyl (C=O) groups excluding carboxylic acids is 3. The van der Waals surface area contributed by atoms with Gasteiger partial charge < -0.3 is 4.74 Å². The van der Waals surface area contributed by atoms with E-state index in [0.717, 1.165) is 18.4 Å². The summed E-state index contributed by atoms with van der Waals surface area (Å²) in [4.78, 5) is 35.5. The van der Waals surface area contributed by atoms with Crippen molar-refractivity contribution in [3.8, 4) is 0 Å². The molecule has 0 heterocycles. The van der Waals surface area contributed by atoms with Gasteiger partial charge in [-0.05, 0) is 32.3 Å². The Balaban J connectivity index is 3.05. The van der Waals surface area contributed by atoms with E-state index in [4.69, 9.17) is 4.74 Å². The molecule has 0 aliphatic heterocycles. The van der Waals surface area contributed by atoms with Crippen LogP contribution in [0.3, 0.4) is 0 Å². The summed E-state index contributed by atoms with van der Waals surface area (Å²) in [6.45, 7) is 6.98. The molecule has 1 aliphatic carbocycles. The van der Waals surface area contributed by atoms with Crippen LogP contribution in [0.5, 0.6) is 0 Å². The molecule has 0 saturated heterocycles. The first-order chi connectivity index (χ1) is 9.81. The van der Waals surface area contributed by atoms with Crippen LogP contribution in [0.2, 0.25) is 0 Å². The van der Waals surface area contributed by atoms with Crippen LogP contribution >= 0.6 is 0 Å². The van der Waals surface area contributed by atoms with Gasteiger partial charge in [-0.3, -0.25) is 14.4 Å². The van der Waals surface area contributed by atoms with Crippen LogP contribution in [0.1, 0.15) is 53.4 Å². The molecule has 0 saturated carbocycles. The minimum absolute atomic E-state index is 0.0455. The van der Waals surface area contributed by atoms with E-state index in [0.29, 0.717) is 17.6 Å². The highest BCUT2D eigenvalue weighted by Gasteiger charge is 2.22. The quantitative estimate of drug-likeness (QED) is 0.445. The predicted molar refractivity (Wildman–Crippen MR) is 80.7 cm³/mol. The van der Waals surface area contributed by atoms with Gasteiger partial charge in [-0.15, -0.1) is 0 Å². The van der Waals surface area contributed by atoms with E-state index in [1.165, 1.54) is 6.92 Å². The van der Waals surface area contributed by atoms with E-state index in [-0.39, 0.29) is 30.5 Å². The predicted octanol–water partition coefficient (Wildman–Crippen LogP) is 3.16. The van der Waals surface area contributed by atoms with E-state index in [1.54, 1.807) is 6.92 Å². The number of hydrogen-bond donors (Lipinski definition) is 0. The van der Waals surface area contributed by atoms with Gasteiger partial charge in [0.15, 0.2) is 5.78 Å². The van der Waals surface area contributed by atoms with Crippen molar-refractivity contribution < 1.29 is 19.1 Å². The van der Waals surface area contributed by atoms with Crippen LogP contribution < -0.4 is 0 Å². The van der Waals surface area contributed by atoms with Gasteiger partial charge >= 0.3 is 5.97 Å². The lowest BCUT2D eigenvalue weighted by Crippen LogP contribution is -2.18. The fourth-order valence-corrected chi connectivity index (χ4v) is 2.31. The first kappa shape index (κ1) is 17.3. The molecule has 0 aromatic rings. The number of esters is 1. The molecule has 0 aromatic heterocycles. The summed E-state index contributed by atoms with van der Waals surface area (Å²) in [5.74, 6) is -0.418. The Labute approximate surface area is 126 Å². The van der Waals surface area contributed by atoms with Gasteiger partial charge in [0.1, 0.15) is 12.4 Å². The number of Topliss-reactive ketones (excluding diaryl/α,β-unsaturated/α-hetero) is 2. The molecule has 116 valence electrons. The number of rotatable bonds is 2. The molecule has 0 radical (unpaired) electrons. The van der Waals surface area contributed by atoms with Crippen molar-refractivity contribution in [2.24, 2.45) is 5.92 Å². The van der Waals surface area contributed by atoms with Crippen LogP contribution in [-0.2, 0) is 19.1 Å². The minimum atomic E-state index is -0.391. The summed E-state index contributed by atoms with van der Waals surface area (Å²) in [7, 11) is 0. The minimum Gasteiger partial charge on any atom is -0.461 e. The maximum Gasteiger partial charge on any atom is 0.302 e. The zero-order valence-electron chi connectivity index (χ0n) is 13.3. The summed E-state index contributed by atoms with van der Waals surface area (Å²) in [6, 6.07) is 0. The van der Waals surface area contributed by atoms with Crippen LogP contribution in [0.25, 0.3) is 0 Å². The largest absolute Gasteiger partial charge is 0.461 e. The molecule has 0 amide bonds. The summed E-state index contributed by atoms with van der Waals surface area (Å²) in [5, 5.41) is 0. The molecule has 1 atom stereocenters. The van der Waals surface area contributed by atoms with E-state index in [9.17, 15) is 14.4 Å². The van der Waals surface area contributed by atoms with Crippen molar-refractivity contribution in [2.75, 3.05) is 6.61 Å². The van der Waals surface area contributed by atoms with Gasteiger partial charge in [0, 0.05) is 31.3 Å². The maximum absolute atomic E-state index is 12.4. The van der Waals surface area contributed by atoms with Crippen molar-refractivity contribution in [3.05, 3.63) is 22.8 Å². The smallest absolute Gasteiger partial charge is 0.302 e. The lowest BCUT2D eigenvalue weighted by Gasteiger charge is -2.16. The Hall–Kier alpha value is -1.71. The third kappa shape index (κ3) is 5.66. The highest BCUT2D eigenvalue weighted by molar-refractivity contribution is 6.02. The van der Waals surface area contributed by atoms with Crippen molar-refractivity contribution >= 4 is 17.5 Å². The van der Waals surface area contributed by atoms with Crippen LogP contribution in [0.4, 0.5) is 0 Å². The zero-order chi connectivity index (χ0) is 16.0. The van der Waals surface area contributed by atoms with Gasteiger partial charge in [-0.25, -0.2) is 0 Å². The second-order valence-corrected chi connectivity index (χ2v) is 5.81. The number of hydrogen-bond acceptors (Lipinski definition) is 4. The molecule has 4 nitrogen and oxygen atoms in total. The number of allylic oxidation sites excluding steroid dienone is 3. The third-order valence-corrected chi connectivity index (χ3v) is 3.78. The normalized spacial score (nSPS) is 25.9. The van der Waals surface area contributed by atoms with E-state index < -0.39 is 5.97 Å². The first-order valence-electron chi connectivity index (χ1n) is 7.34. The summed E-state index contributed by atoms with van der Waals surface area (Å²) in [5.41, 5.74) is 2.20. The number of carbonyl (C=O) groups is 3. The molecule has 21 heavy (non-hydrogen) atoms. The van der Waals surface area contributed by atoms with Crippen molar-refractivity contribution in [2.45, 2.75) is 53.4 Å². The average molecular weight is 292 g/mol. The molecular formula is C17H24O4. The standard InChI is InChI=1S/C17H24O4/c1-11-6-5-7-12(2)16(19)9-15(17(20)8-11)13(3)10-21-14(4)18/h6,12H,5,7-10H2,1-4H3/b11-6+,15-13+/t12-/m0/s1. The van der Waals surface area contributed by atoms with Crippen molar-refractivity contribution in [3.63, 3.8) is 0 Å². The topological polar surface area (TPSA) is 60.4 Å². The monoisotopic (exact) mass is 292 g/mol. The second-order valence-electron chi connectivity index (χ2n) is 5.81. The highest BCUT2D eigenvalue weighted by Crippen LogP contribution is 2.22. The van der Waals surface area contributed by atoms with Gasteiger partial charge in [-0.2, -0.15) is 0 Å². The molecule has 0 aromatic carbocycles. The van der Waals surface area contributed by atoms with Crippen molar-refractivity contribution in [1.29, 1.82) is 0 Å². The molecule has 4 heteroatoms. The fourth-order valence-electron chi connectivity index (χ4n) is 2.31. The molecule has 0 N–H and O–H groups in total. The lowest BCUT2D eigenvalue weighted by atomic mass is 9.88. The lowest BCUT2D eigenvalue weighted by molar-refractivity contribution is -0.140. The zero-order valence-corrected chi connectivity index (χ0v) is 13.3. The molecule has 0 spiro atoms. The fraction of sp³-hybridized carbons (Fsp3) is 0.588. The summed E-state index contributed by atoms with van der Waals surface area (Å²) in [6.07, 6.45) is 4.14. The SMILES string of the molecule is CC(=O)OC/C(C)=C1\CC(=O)[C@@H](C)CC/C=C(\C)CC1=O. The van der Waals surface area contributed by atoms with Gasteiger partial charge in [0.2, 0.25) is 0 Å². The average Bonchev–Trinajstić information content (AvgIpc) is 2.40. The maximum atomic E-state index is 12.4. The molecule has 0 fully saturated rings. The Kier molecular flexibility index (Phi) is 6.53. The van der Waals surface area contributed by atoms with Gasteiger partial charge in [-0.1, -0.05) is 18.6 Å². The molecule has 0 unspecified atom stereocenters. The van der Waals surface area contributed by atoms with Crippen molar-refractivity contribution in [1.82, 2.24) is 0 Å². The Bertz CT molecular complexity index is 497. The second kappa shape index (κ2) is 7.91. The van der Waals surface area contributed by atoms with E-state index >= 15 is 0 Å². The number of ketones is 2. The Morgan fingerprint density at radius 2 is 1.95 bits per heavy atom. The molecule has 1 rings (SSSR count). The first-order valence-corrected chi connectivity index (χ1v) is 7.34. The highest BCUT2D eigenvalue weighted by atomic mass is 16.5.